The van der Waals surface area contributed by atoms with E-state index < -0.39 is 6.04 Å². The summed E-state index contributed by atoms with van der Waals surface area (Å²) in [5, 5.41) is 0. The van der Waals surface area contributed by atoms with Crippen LogP contribution < -0.4 is 0 Å². The molecule has 2 aliphatic heterocycles. The predicted octanol–water partition coefficient (Wildman–Crippen LogP) is 3.91. The lowest BCUT2D eigenvalue weighted by Crippen LogP contribution is -2.48. The highest BCUT2D eigenvalue weighted by Crippen LogP contribution is 2.28. The van der Waals surface area contributed by atoms with Crippen molar-refractivity contribution in [1.29, 1.82) is 0 Å². The number of piperidine rings is 1. The van der Waals surface area contributed by atoms with Crippen LogP contribution in [0.15, 0.2) is 60.7 Å². The normalized spacial score (nSPS) is 18.9. The summed E-state index contributed by atoms with van der Waals surface area (Å²) in [6.45, 7) is 5.15. The first-order chi connectivity index (χ1) is 15.7. The van der Waals surface area contributed by atoms with Gasteiger partial charge in [-0.15, -0.1) is 0 Å². The lowest BCUT2D eigenvalue weighted by molar-refractivity contribution is -0.147. The zero-order chi connectivity index (χ0) is 22.2. The zero-order valence-corrected chi connectivity index (χ0v) is 19.0. The molecule has 4 rings (SSSR count). The highest BCUT2D eigenvalue weighted by molar-refractivity contribution is 5.89. The third-order valence-corrected chi connectivity index (χ3v) is 6.70. The van der Waals surface area contributed by atoms with Crippen molar-refractivity contribution in [2.45, 2.75) is 44.6 Å². The first-order valence-electron chi connectivity index (χ1n) is 12.1. The maximum absolute atomic E-state index is 13.7. The Balaban J connectivity index is 1.38. The third-order valence-electron chi connectivity index (χ3n) is 6.70. The maximum Gasteiger partial charge on any atom is 0.250 e. The molecule has 1 unspecified atom stereocenters. The van der Waals surface area contributed by atoms with Crippen molar-refractivity contribution in [2.24, 2.45) is 0 Å². The molecule has 0 spiro atoms. The van der Waals surface area contributed by atoms with E-state index in [2.05, 4.69) is 35.2 Å². The summed E-state index contributed by atoms with van der Waals surface area (Å²) < 4.78 is 0. The maximum atomic E-state index is 13.7. The molecule has 2 saturated heterocycles. The molecule has 1 atom stereocenters. The predicted molar refractivity (Wildman–Crippen MR) is 127 cm³/mol. The highest BCUT2D eigenvalue weighted by Gasteiger charge is 2.35. The molecule has 2 aromatic rings. The molecule has 0 bridgehead atoms. The second-order valence-corrected chi connectivity index (χ2v) is 8.97. The van der Waals surface area contributed by atoms with Crippen LogP contribution in [0.4, 0.5) is 0 Å². The second-order valence-electron chi connectivity index (χ2n) is 8.97. The van der Waals surface area contributed by atoms with E-state index in [9.17, 15) is 9.59 Å². The molecule has 32 heavy (non-hydrogen) atoms. The van der Waals surface area contributed by atoms with Gasteiger partial charge in [0.05, 0.1) is 0 Å². The highest BCUT2D eigenvalue weighted by atomic mass is 16.2. The van der Waals surface area contributed by atoms with Crippen LogP contribution in [0.1, 0.15) is 49.3 Å². The average Bonchev–Trinajstić information content (AvgIpc) is 3.08. The van der Waals surface area contributed by atoms with Crippen LogP contribution in [0, 0.1) is 0 Å². The number of nitrogens with zero attached hydrogens (tertiary/aromatic N) is 3. The minimum absolute atomic E-state index is 0.0811. The number of aryl methyl sites for hydroxylation is 1. The van der Waals surface area contributed by atoms with Crippen LogP contribution in [0.2, 0.25) is 0 Å². The van der Waals surface area contributed by atoms with E-state index in [1.807, 2.05) is 40.1 Å². The SMILES string of the molecule is O=C(C(c1ccccc1)N1CCCCC1=O)N1CCCN(CCCc2ccccc2)CC1. The molecule has 170 valence electrons. The summed E-state index contributed by atoms with van der Waals surface area (Å²) in [4.78, 5) is 32.7. The Bertz CT molecular complexity index is 871. The number of likely N-dealkylation sites (tertiary alicyclic amines) is 1. The molecular weight excluding hydrogens is 398 g/mol. The van der Waals surface area contributed by atoms with Crippen molar-refractivity contribution in [3.63, 3.8) is 0 Å². The minimum Gasteiger partial charge on any atom is -0.339 e. The molecule has 0 aromatic heterocycles. The van der Waals surface area contributed by atoms with Gasteiger partial charge in [-0.05, 0) is 56.3 Å². The Hall–Kier alpha value is -2.66. The Morgan fingerprint density at radius 1 is 0.812 bits per heavy atom. The van der Waals surface area contributed by atoms with Gasteiger partial charge in [0.25, 0.3) is 0 Å². The van der Waals surface area contributed by atoms with Gasteiger partial charge in [-0.2, -0.15) is 0 Å². The van der Waals surface area contributed by atoms with Gasteiger partial charge in [0.2, 0.25) is 11.8 Å². The van der Waals surface area contributed by atoms with Crippen molar-refractivity contribution in [3.05, 3.63) is 71.8 Å². The number of rotatable bonds is 7. The molecule has 2 aliphatic rings. The van der Waals surface area contributed by atoms with Crippen molar-refractivity contribution in [2.75, 3.05) is 39.3 Å². The van der Waals surface area contributed by atoms with Crippen LogP contribution in [-0.2, 0) is 16.0 Å². The first kappa shape index (κ1) is 22.5. The van der Waals surface area contributed by atoms with Gasteiger partial charge < -0.3 is 14.7 Å². The molecule has 2 aromatic carbocycles. The quantitative estimate of drug-likeness (QED) is 0.665. The Kier molecular flexibility index (Phi) is 7.94. The Morgan fingerprint density at radius 3 is 2.31 bits per heavy atom. The monoisotopic (exact) mass is 433 g/mol. The third kappa shape index (κ3) is 5.77. The van der Waals surface area contributed by atoms with Gasteiger partial charge in [-0.1, -0.05) is 60.7 Å². The fraction of sp³-hybridized carbons (Fsp3) is 0.481. The topological polar surface area (TPSA) is 43.9 Å². The summed E-state index contributed by atoms with van der Waals surface area (Å²) in [5.74, 6) is 0.188. The van der Waals surface area contributed by atoms with Crippen LogP contribution >= 0.6 is 0 Å². The number of amides is 2. The lowest BCUT2D eigenvalue weighted by Gasteiger charge is -2.37. The second kappa shape index (κ2) is 11.3. The van der Waals surface area contributed by atoms with Crippen LogP contribution in [0.25, 0.3) is 0 Å². The smallest absolute Gasteiger partial charge is 0.250 e. The van der Waals surface area contributed by atoms with Gasteiger partial charge in [-0.3, -0.25) is 9.59 Å². The van der Waals surface area contributed by atoms with E-state index in [-0.39, 0.29) is 11.8 Å². The van der Waals surface area contributed by atoms with Crippen LogP contribution in [0.3, 0.4) is 0 Å². The van der Waals surface area contributed by atoms with Gasteiger partial charge in [0.15, 0.2) is 0 Å². The molecular formula is C27H35N3O2. The molecule has 0 aliphatic carbocycles. The number of benzene rings is 2. The van der Waals surface area contributed by atoms with Crippen molar-refractivity contribution < 1.29 is 9.59 Å². The van der Waals surface area contributed by atoms with Crippen molar-refractivity contribution in [1.82, 2.24) is 14.7 Å². The number of hydrogen-bond donors (Lipinski definition) is 0. The molecule has 0 saturated carbocycles. The fourth-order valence-electron chi connectivity index (χ4n) is 4.93. The van der Waals surface area contributed by atoms with Crippen molar-refractivity contribution in [3.8, 4) is 0 Å². The minimum atomic E-state index is -0.492. The lowest BCUT2D eigenvalue weighted by atomic mass is 10.00. The van der Waals surface area contributed by atoms with E-state index in [1.54, 1.807) is 0 Å². The molecule has 2 heterocycles. The number of hydrogen-bond acceptors (Lipinski definition) is 3. The summed E-state index contributed by atoms with van der Waals surface area (Å²) in [5.41, 5.74) is 2.31. The average molecular weight is 434 g/mol. The molecule has 2 fully saturated rings. The summed E-state index contributed by atoms with van der Waals surface area (Å²) in [6.07, 6.45) is 5.64. The Labute approximate surface area is 192 Å². The summed E-state index contributed by atoms with van der Waals surface area (Å²) >= 11 is 0. The first-order valence-corrected chi connectivity index (χ1v) is 12.1. The largest absolute Gasteiger partial charge is 0.339 e. The van der Waals surface area contributed by atoms with Crippen LogP contribution in [0.5, 0.6) is 0 Å². The molecule has 5 heteroatoms. The molecule has 0 N–H and O–H groups in total. The zero-order valence-electron chi connectivity index (χ0n) is 19.0. The van der Waals surface area contributed by atoms with E-state index in [0.717, 1.165) is 70.4 Å². The molecule has 5 nitrogen and oxygen atoms in total. The van der Waals surface area contributed by atoms with Crippen molar-refractivity contribution >= 4 is 11.8 Å². The molecule has 0 radical (unpaired) electrons. The number of carbonyl (C=O) groups is 2. The molecule has 2 amide bonds. The van der Waals surface area contributed by atoms with E-state index >= 15 is 0 Å². The van der Waals surface area contributed by atoms with Gasteiger partial charge in [0, 0.05) is 32.6 Å². The van der Waals surface area contributed by atoms with E-state index in [4.69, 9.17) is 0 Å². The standard InChI is InChI=1S/C27H35N3O2/c31-25-16-7-8-20-30(25)26(24-14-5-2-6-15-24)27(32)29-19-10-18-28(21-22-29)17-9-13-23-11-3-1-4-12-23/h1-6,11-12,14-15,26H,7-10,13,16-22H2. The Morgan fingerprint density at radius 2 is 1.56 bits per heavy atom. The van der Waals surface area contributed by atoms with E-state index in [1.165, 1.54) is 5.56 Å². The van der Waals surface area contributed by atoms with E-state index in [0.29, 0.717) is 13.0 Å². The summed E-state index contributed by atoms with van der Waals surface area (Å²) in [7, 11) is 0. The van der Waals surface area contributed by atoms with Gasteiger partial charge in [-0.25, -0.2) is 0 Å². The van der Waals surface area contributed by atoms with Gasteiger partial charge in [0.1, 0.15) is 6.04 Å². The van der Waals surface area contributed by atoms with Gasteiger partial charge >= 0.3 is 0 Å². The summed E-state index contributed by atoms with van der Waals surface area (Å²) in [6, 6.07) is 20.0. The number of carbonyl (C=O) groups excluding carboxylic acids is 2. The van der Waals surface area contributed by atoms with Crippen LogP contribution in [-0.4, -0.2) is 65.8 Å². The fourth-order valence-corrected chi connectivity index (χ4v) is 4.93.